The largest absolute Gasteiger partial charge is 0.313 e. The highest BCUT2D eigenvalue weighted by Crippen LogP contribution is 2.44. The summed E-state index contributed by atoms with van der Waals surface area (Å²) in [6.45, 7) is 0. The van der Waals surface area contributed by atoms with E-state index in [0.29, 0.717) is 0 Å². The van der Waals surface area contributed by atoms with E-state index in [9.17, 15) is 0 Å². The first-order valence-corrected chi connectivity index (χ1v) is 44.5. The first kappa shape index (κ1) is 74.8. The number of para-hydroxylation sites is 17. The zero-order chi connectivity index (χ0) is 86.6. The Morgan fingerprint density at radius 1 is 0.168 bits per heavy atom. The molecule has 0 radical (unpaired) electrons. The van der Waals surface area contributed by atoms with Crippen LogP contribution in [0.1, 0.15) is 0 Å². The summed E-state index contributed by atoms with van der Waals surface area (Å²) in [7, 11) is 6.21. The average molecular weight is 1680 g/mol. The van der Waals surface area contributed by atoms with Crippen molar-refractivity contribution in [1.82, 2.24) is 64.6 Å². The van der Waals surface area contributed by atoms with Crippen molar-refractivity contribution in [1.29, 1.82) is 0 Å². The number of nitrogens with zero attached hydrogens (tertiary/aromatic N) is 14. The minimum atomic E-state index is 0.952. The number of hydrogen-bond donors (Lipinski definition) is 0. The number of fused-ring (bicyclic) bond motifs is 35. The van der Waals surface area contributed by atoms with E-state index in [1.807, 2.05) is 36.4 Å². The molecule has 19 aromatic carbocycles. The normalized spacial score (nSPS) is 11.9. The van der Waals surface area contributed by atoms with Gasteiger partial charge in [-0.15, -0.1) is 0 Å². The van der Waals surface area contributed by atoms with Crippen molar-refractivity contribution in [3.8, 4) is 27.9 Å². The molecule has 0 saturated heterocycles. The predicted octanol–water partition coefficient (Wildman–Crippen LogP) is 28.7. The smallest absolute Gasteiger partial charge is 0.220 e. The van der Waals surface area contributed by atoms with Crippen LogP contribution in [-0.2, 0) is 21.1 Å². The van der Waals surface area contributed by atoms with Gasteiger partial charge in [0.25, 0.3) is 0 Å². The van der Waals surface area contributed by atoms with Gasteiger partial charge in [-0.25, -0.2) is 19.9 Å². The monoisotopic (exact) mass is 1680 g/mol. The fraction of sp³-hybridized carbons (Fsp3) is 0.0256. The highest BCUT2D eigenvalue weighted by atomic mass is 15.2. The fourth-order valence-corrected chi connectivity index (χ4v) is 20.8. The van der Waals surface area contributed by atoms with Gasteiger partial charge in [0, 0.05) is 69.9 Å². The maximum Gasteiger partial charge on any atom is 0.220 e. The van der Waals surface area contributed by atoms with Crippen LogP contribution in [0, 0.1) is 0 Å². The van der Waals surface area contributed by atoms with Crippen molar-refractivity contribution in [3.05, 3.63) is 431 Å². The summed E-state index contributed by atoms with van der Waals surface area (Å²) < 4.78 is 22.5. The van der Waals surface area contributed by atoms with Crippen molar-refractivity contribution >= 4 is 209 Å². The summed E-state index contributed by atoms with van der Waals surface area (Å²) in [6.07, 6.45) is 0. The Hall–Kier alpha value is -17.6. The second-order valence-corrected chi connectivity index (χ2v) is 33.9. The molecule has 12 aromatic heterocycles. The van der Waals surface area contributed by atoms with E-state index in [2.05, 4.69) is 465 Å². The number of rotatable bonds is 3. The average Bonchev–Trinajstić information content (AvgIpc) is 1.57. The van der Waals surface area contributed by atoms with Crippen molar-refractivity contribution < 1.29 is 0 Å². The molecule has 12 heterocycles. The molecule has 31 rings (SSSR count). The number of aryl methyl sites for hydroxylation is 3. The van der Waals surface area contributed by atoms with Gasteiger partial charge in [0.1, 0.15) is 0 Å². The standard InChI is InChI=1S/2C22H13N.2C20H15N3.C19H13N3.C14H11N3/c1-2-7-15-13-21-19(12-14(15)6-1)18-10-5-9-17-16-8-3-4-11-20(16)23(21)22(17)18;1-2-7-15-14(6-1)12-13-20-21(15)18-10-5-9-17-16-8-3-4-11-19(16)23(20)22(17)18;1-22-17-9-5-6-10-18(17)23-19-13-15(14-7-3-2-4-8-14)11-12-16(19)21-20(22)23;1-22-18-12-11-15(14-7-3-2-4-8-14)13-19(18)23-17-10-6-5-9-16(17)21-20(22)23;1-2-8-14(9-3-1)21-17-12-6-7-13-18(17)22-16-11-5-4-10-15(16)20-19(21)22;1-16-12-8-4-5-9-13(12)17-11-7-3-2-6-10(11)15-14(16)17/h2*1-13H;2*2-13H,1H3;1-13H;2-9H,1H3. The molecular formula is C117H80N14. The van der Waals surface area contributed by atoms with E-state index in [1.165, 1.54) is 170 Å². The molecule has 131 heavy (non-hydrogen) atoms. The van der Waals surface area contributed by atoms with Crippen LogP contribution in [0.4, 0.5) is 0 Å². The molecule has 0 unspecified atom stereocenters. The van der Waals surface area contributed by atoms with Crippen LogP contribution in [0.15, 0.2) is 431 Å². The van der Waals surface area contributed by atoms with Gasteiger partial charge in [-0.3, -0.25) is 22.2 Å². The van der Waals surface area contributed by atoms with Gasteiger partial charge in [0.15, 0.2) is 0 Å². The van der Waals surface area contributed by atoms with Crippen LogP contribution >= 0.6 is 0 Å². The third kappa shape index (κ3) is 11.6. The lowest BCUT2D eigenvalue weighted by molar-refractivity contribution is 0.973. The van der Waals surface area contributed by atoms with Gasteiger partial charge < -0.3 is 22.5 Å². The van der Waals surface area contributed by atoms with Crippen molar-refractivity contribution in [2.45, 2.75) is 0 Å². The molecule has 0 fully saturated rings. The second kappa shape index (κ2) is 29.8. The van der Waals surface area contributed by atoms with Gasteiger partial charge in [0.05, 0.1) is 121 Å². The lowest BCUT2D eigenvalue weighted by Gasteiger charge is -2.04. The van der Waals surface area contributed by atoms with Crippen LogP contribution in [0.3, 0.4) is 0 Å². The molecule has 14 heteroatoms. The molecule has 0 amide bonds. The van der Waals surface area contributed by atoms with Crippen molar-refractivity contribution in [2.75, 3.05) is 0 Å². The number of imidazole rings is 8. The topological polar surface area (TPSA) is 97.7 Å². The molecule has 618 valence electrons. The van der Waals surface area contributed by atoms with Gasteiger partial charge in [-0.2, -0.15) is 0 Å². The van der Waals surface area contributed by atoms with Crippen LogP contribution in [0.25, 0.3) is 237 Å². The minimum absolute atomic E-state index is 0.952. The highest BCUT2D eigenvalue weighted by Gasteiger charge is 2.24. The second-order valence-electron chi connectivity index (χ2n) is 33.9. The Morgan fingerprint density at radius 3 is 1.06 bits per heavy atom. The number of hydrogen-bond acceptors (Lipinski definition) is 4. The fourth-order valence-electron chi connectivity index (χ4n) is 20.8. The zero-order valence-electron chi connectivity index (χ0n) is 71.8. The van der Waals surface area contributed by atoms with Gasteiger partial charge in [0.2, 0.25) is 23.1 Å². The van der Waals surface area contributed by atoms with E-state index in [-0.39, 0.29) is 0 Å². The van der Waals surface area contributed by atoms with E-state index in [0.717, 1.165) is 67.4 Å². The van der Waals surface area contributed by atoms with E-state index in [1.54, 1.807) is 0 Å². The van der Waals surface area contributed by atoms with Crippen LogP contribution in [0.2, 0.25) is 0 Å². The Balaban J connectivity index is 0.0000000828. The maximum absolute atomic E-state index is 4.85. The molecule has 0 saturated carbocycles. The molecule has 31 aromatic rings. The Bertz CT molecular complexity index is 9880. The molecule has 0 aliphatic rings. The van der Waals surface area contributed by atoms with Crippen molar-refractivity contribution in [2.24, 2.45) is 21.1 Å². The zero-order valence-corrected chi connectivity index (χ0v) is 71.8. The van der Waals surface area contributed by atoms with Crippen LogP contribution in [-0.4, -0.2) is 64.6 Å². The number of benzene rings is 19. The van der Waals surface area contributed by atoms with E-state index >= 15 is 0 Å². The molecule has 0 aliphatic heterocycles. The third-order valence-electron chi connectivity index (χ3n) is 26.7. The first-order valence-electron chi connectivity index (χ1n) is 44.5. The first-order chi connectivity index (χ1) is 64.8. The van der Waals surface area contributed by atoms with Crippen molar-refractivity contribution in [3.63, 3.8) is 0 Å². The SMILES string of the molecule is Cn1c2ccc(-c3ccccc3)cc2n2c3ccccc3nc12.Cn1c2ccccc2n2c3cc(-c4ccccc4)ccc3nc12.Cn1c2ccccc2n2c3ccccc3nc12.c1ccc(-n2c3ccccc3n3c4ccccc4nc23)cc1.c1ccc2c(c1)ccc1c2c2cccc3c4ccccc4n1c32.c1ccc2cc3c(cc2c1)c1cccc2c4ccccc4n3c21. The molecule has 0 N–H and O–H groups in total. The van der Waals surface area contributed by atoms with Crippen LogP contribution < -0.4 is 0 Å². The van der Waals surface area contributed by atoms with E-state index in [4.69, 9.17) is 15.0 Å². The predicted molar refractivity (Wildman–Crippen MR) is 545 cm³/mol. The molecule has 0 aliphatic carbocycles. The quantitative estimate of drug-likeness (QED) is 0.176. The minimum Gasteiger partial charge on any atom is -0.313 e. The third-order valence-corrected chi connectivity index (χ3v) is 26.7. The van der Waals surface area contributed by atoms with Crippen LogP contribution in [0.5, 0.6) is 0 Å². The Labute approximate surface area is 748 Å². The molecule has 0 spiro atoms. The summed E-state index contributed by atoms with van der Waals surface area (Å²) in [5.41, 5.74) is 32.2. The molecule has 0 bridgehead atoms. The Kier molecular flexibility index (Phi) is 17.0. The molecular weight excluding hydrogens is 1600 g/mol. The summed E-state index contributed by atoms with van der Waals surface area (Å²) >= 11 is 0. The lowest BCUT2D eigenvalue weighted by atomic mass is 10.0. The van der Waals surface area contributed by atoms with Gasteiger partial charge in [-0.05, 0) is 183 Å². The summed E-state index contributed by atoms with van der Waals surface area (Å²) in [6, 6.07) is 152. The van der Waals surface area contributed by atoms with Gasteiger partial charge in [-0.1, -0.05) is 291 Å². The molecule has 14 nitrogen and oxygen atoms in total. The number of aromatic nitrogens is 14. The maximum atomic E-state index is 4.85. The van der Waals surface area contributed by atoms with Gasteiger partial charge >= 0.3 is 0 Å². The Morgan fingerprint density at radius 2 is 0.511 bits per heavy atom. The molecule has 0 atom stereocenters. The summed E-state index contributed by atoms with van der Waals surface area (Å²) in [5, 5.41) is 16.0. The summed E-state index contributed by atoms with van der Waals surface area (Å²) in [4.78, 5) is 19.1. The summed E-state index contributed by atoms with van der Waals surface area (Å²) in [5.74, 6) is 3.90. The lowest BCUT2D eigenvalue weighted by Crippen LogP contribution is -1.94. The van der Waals surface area contributed by atoms with E-state index < -0.39 is 0 Å². The highest BCUT2D eigenvalue weighted by molar-refractivity contribution is 6.29.